The molecular weight excluding hydrogens is 243 g/mol. The molecule has 4 heteroatoms. The Morgan fingerprint density at radius 1 is 1.26 bits per heavy atom. The van der Waals surface area contributed by atoms with E-state index in [1.807, 2.05) is 19.9 Å². The fourth-order valence-electron chi connectivity index (χ4n) is 1.82. The summed E-state index contributed by atoms with van der Waals surface area (Å²) in [6, 6.07) is 6.76. The van der Waals surface area contributed by atoms with Gasteiger partial charge in [0.2, 0.25) is 0 Å². The fourth-order valence-corrected chi connectivity index (χ4v) is 1.82. The summed E-state index contributed by atoms with van der Waals surface area (Å²) in [7, 11) is 0. The van der Waals surface area contributed by atoms with E-state index in [9.17, 15) is 4.39 Å². The standard InChI is InChI=1S/C15H17FN2O/c1-10(2)19-13-6-12(8-18-9-13)14-4-3-11(7-17)5-15(14)16/h3-6,8-10H,7,17H2,1-2H3. The summed E-state index contributed by atoms with van der Waals surface area (Å²) in [4.78, 5) is 4.08. The normalized spacial score (nSPS) is 10.8. The molecule has 3 nitrogen and oxygen atoms in total. The quantitative estimate of drug-likeness (QED) is 0.918. The highest BCUT2D eigenvalue weighted by molar-refractivity contribution is 5.64. The predicted molar refractivity (Wildman–Crippen MR) is 73.3 cm³/mol. The van der Waals surface area contributed by atoms with Crippen LogP contribution in [-0.2, 0) is 6.54 Å². The summed E-state index contributed by atoms with van der Waals surface area (Å²) in [6.45, 7) is 4.19. The van der Waals surface area contributed by atoms with Gasteiger partial charge in [-0.2, -0.15) is 0 Å². The Labute approximate surface area is 112 Å². The van der Waals surface area contributed by atoms with E-state index in [1.54, 1.807) is 24.5 Å². The Morgan fingerprint density at radius 3 is 2.68 bits per heavy atom. The molecule has 2 aromatic rings. The molecule has 0 spiro atoms. The number of aromatic nitrogens is 1. The van der Waals surface area contributed by atoms with Gasteiger partial charge >= 0.3 is 0 Å². The first-order chi connectivity index (χ1) is 9.10. The van der Waals surface area contributed by atoms with E-state index in [0.29, 0.717) is 23.4 Å². The summed E-state index contributed by atoms with van der Waals surface area (Å²) < 4.78 is 19.5. The average molecular weight is 260 g/mol. The van der Waals surface area contributed by atoms with Crippen LogP contribution in [0.15, 0.2) is 36.7 Å². The van der Waals surface area contributed by atoms with Gasteiger partial charge in [-0.1, -0.05) is 12.1 Å². The second-order valence-corrected chi connectivity index (χ2v) is 4.59. The smallest absolute Gasteiger partial charge is 0.138 e. The van der Waals surface area contributed by atoms with E-state index in [2.05, 4.69) is 4.98 Å². The van der Waals surface area contributed by atoms with Crippen molar-refractivity contribution in [2.45, 2.75) is 26.5 Å². The Balaban J connectivity index is 2.36. The van der Waals surface area contributed by atoms with Gasteiger partial charge in [-0.15, -0.1) is 0 Å². The van der Waals surface area contributed by atoms with Gasteiger partial charge in [0.05, 0.1) is 12.3 Å². The molecule has 1 aromatic carbocycles. The second kappa shape index (κ2) is 5.80. The molecule has 19 heavy (non-hydrogen) atoms. The summed E-state index contributed by atoms with van der Waals surface area (Å²) in [5.74, 6) is 0.334. The summed E-state index contributed by atoms with van der Waals surface area (Å²) >= 11 is 0. The highest BCUT2D eigenvalue weighted by Crippen LogP contribution is 2.26. The third kappa shape index (κ3) is 3.29. The van der Waals surface area contributed by atoms with Crippen molar-refractivity contribution >= 4 is 0 Å². The first kappa shape index (κ1) is 13.5. The van der Waals surface area contributed by atoms with Crippen LogP contribution in [0, 0.1) is 5.82 Å². The lowest BCUT2D eigenvalue weighted by atomic mass is 10.0. The van der Waals surface area contributed by atoms with Crippen LogP contribution in [0.3, 0.4) is 0 Å². The first-order valence-corrected chi connectivity index (χ1v) is 6.20. The first-order valence-electron chi connectivity index (χ1n) is 6.20. The van der Waals surface area contributed by atoms with Crippen molar-refractivity contribution in [3.63, 3.8) is 0 Å². The molecule has 1 aromatic heterocycles. The van der Waals surface area contributed by atoms with Crippen LogP contribution in [0.1, 0.15) is 19.4 Å². The van der Waals surface area contributed by atoms with E-state index in [4.69, 9.17) is 10.5 Å². The molecule has 0 atom stereocenters. The van der Waals surface area contributed by atoms with Crippen LogP contribution in [0.5, 0.6) is 5.75 Å². The largest absolute Gasteiger partial charge is 0.489 e. The van der Waals surface area contributed by atoms with Crippen LogP contribution >= 0.6 is 0 Å². The van der Waals surface area contributed by atoms with Crippen LogP contribution < -0.4 is 10.5 Å². The van der Waals surface area contributed by atoms with Crippen LogP contribution in [-0.4, -0.2) is 11.1 Å². The van der Waals surface area contributed by atoms with E-state index in [1.165, 1.54) is 6.07 Å². The molecule has 100 valence electrons. The van der Waals surface area contributed by atoms with Crippen molar-refractivity contribution in [1.29, 1.82) is 0 Å². The zero-order valence-corrected chi connectivity index (χ0v) is 11.1. The minimum Gasteiger partial charge on any atom is -0.489 e. The number of rotatable bonds is 4. The van der Waals surface area contributed by atoms with Crippen molar-refractivity contribution in [2.75, 3.05) is 0 Å². The van der Waals surface area contributed by atoms with Crippen LogP contribution in [0.2, 0.25) is 0 Å². The molecule has 0 aliphatic carbocycles. The summed E-state index contributed by atoms with van der Waals surface area (Å²) in [5.41, 5.74) is 7.45. The van der Waals surface area contributed by atoms with Gasteiger partial charge in [0, 0.05) is 23.9 Å². The molecule has 0 saturated heterocycles. The van der Waals surface area contributed by atoms with E-state index in [0.717, 1.165) is 5.56 Å². The molecule has 0 aliphatic rings. The van der Waals surface area contributed by atoms with Gasteiger partial charge in [0.15, 0.2) is 0 Å². The topological polar surface area (TPSA) is 48.1 Å². The number of halogens is 1. The van der Waals surface area contributed by atoms with E-state index in [-0.39, 0.29) is 11.9 Å². The number of nitrogens with two attached hydrogens (primary N) is 1. The zero-order chi connectivity index (χ0) is 13.8. The van der Waals surface area contributed by atoms with Crippen LogP contribution in [0.25, 0.3) is 11.1 Å². The van der Waals surface area contributed by atoms with Crippen molar-refractivity contribution in [3.8, 4) is 16.9 Å². The van der Waals surface area contributed by atoms with Gasteiger partial charge in [-0.25, -0.2) is 4.39 Å². The summed E-state index contributed by atoms with van der Waals surface area (Å²) in [6.07, 6.45) is 3.30. The third-order valence-electron chi connectivity index (χ3n) is 2.67. The van der Waals surface area contributed by atoms with Gasteiger partial charge < -0.3 is 10.5 Å². The van der Waals surface area contributed by atoms with Crippen molar-refractivity contribution < 1.29 is 9.13 Å². The number of benzene rings is 1. The van der Waals surface area contributed by atoms with Gasteiger partial charge in [-0.3, -0.25) is 4.98 Å². The van der Waals surface area contributed by atoms with Crippen molar-refractivity contribution in [1.82, 2.24) is 4.98 Å². The lowest BCUT2D eigenvalue weighted by Gasteiger charge is -2.11. The second-order valence-electron chi connectivity index (χ2n) is 4.59. The average Bonchev–Trinajstić information content (AvgIpc) is 2.38. The minimum atomic E-state index is -0.300. The minimum absolute atomic E-state index is 0.0570. The molecule has 2 rings (SSSR count). The molecular formula is C15H17FN2O. The van der Waals surface area contributed by atoms with Crippen molar-refractivity contribution in [3.05, 3.63) is 48.0 Å². The number of ether oxygens (including phenoxy) is 1. The molecule has 0 radical (unpaired) electrons. The Hall–Kier alpha value is -1.94. The van der Waals surface area contributed by atoms with E-state index >= 15 is 0 Å². The maximum absolute atomic E-state index is 14.0. The monoisotopic (exact) mass is 260 g/mol. The number of hydrogen-bond acceptors (Lipinski definition) is 3. The van der Waals surface area contributed by atoms with Gasteiger partial charge in [-0.05, 0) is 31.5 Å². The molecule has 2 N–H and O–H groups in total. The maximum Gasteiger partial charge on any atom is 0.138 e. The zero-order valence-electron chi connectivity index (χ0n) is 11.1. The molecule has 0 amide bonds. The Bertz CT molecular complexity index is 570. The molecule has 1 heterocycles. The third-order valence-corrected chi connectivity index (χ3v) is 2.67. The highest BCUT2D eigenvalue weighted by Gasteiger charge is 2.08. The van der Waals surface area contributed by atoms with Gasteiger partial charge in [0.25, 0.3) is 0 Å². The highest BCUT2D eigenvalue weighted by atomic mass is 19.1. The molecule has 0 saturated carbocycles. The number of pyridine rings is 1. The Kier molecular flexibility index (Phi) is 4.12. The predicted octanol–water partition coefficient (Wildman–Crippen LogP) is 3.13. The summed E-state index contributed by atoms with van der Waals surface area (Å²) in [5, 5.41) is 0. The number of nitrogens with zero attached hydrogens (tertiary/aromatic N) is 1. The lowest BCUT2D eigenvalue weighted by Crippen LogP contribution is -2.05. The lowest BCUT2D eigenvalue weighted by molar-refractivity contribution is 0.241. The molecule has 0 aliphatic heterocycles. The fraction of sp³-hybridized carbons (Fsp3) is 0.267. The van der Waals surface area contributed by atoms with Crippen molar-refractivity contribution in [2.24, 2.45) is 5.73 Å². The van der Waals surface area contributed by atoms with Crippen LogP contribution in [0.4, 0.5) is 4.39 Å². The SMILES string of the molecule is CC(C)Oc1cncc(-c2ccc(CN)cc2F)c1. The molecule has 0 unspecified atom stereocenters. The number of hydrogen-bond donors (Lipinski definition) is 1. The molecule has 0 fully saturated rings. The molecule has 0 bridgehead atoms. The van der Waals surface area contributed by atoms with Gasteiger partial charge in [0.1, 0.15) is 11.6 Å². The maximum atomic E-state index is 14.0. The Morgan fingerprint density at radius 2 is 2.05 bits per heavy atom. The van der Waals surface area contributed by atoms with E-state index < -0.39 is 0 Å².